The van der Waals surface area contributed by atoms with Gasteiger partial charge in [-0.3, -0.25) is 4.79 Å². The Bertz CT molecular complexity index is 827. The van der Waals surface area contributed by atoms with Crippen molar-refractivity contribution in [2.24, 2.45) is 0 Å². The van der Waals surface area contributed by atoms with E-state index in [0.29, 0.717) is 37.2 Å². The summed E-state index contributed by atoms with van der Waals surface area (Å²) >= 11 is 3.38. The molecule has 0 N–H and O–H groups in total. The minimum atomic E-state index is -3.32. The first-order chi connectivity index (χ1) is 12.0. The molecule has 1 saturated heterocycles. The molecule has 3 rings (SSSR count). The van der Waals surface area contributed by atoms with Crippen molar-refractivity contribution in [2.45, 2.75) is 29.4 Å². The lowest BCUT2D eigenvalue weighted by atomic mass is 10.1. The quantitative estimate of drug-likeness (QED) is 0.759. The van der Waals surface area contributed by atoms with Gasteiger partial charge in [-0.15, -0.1) is 0 Å². The molecule has 2 aromatic rings. The molecule has 0 bridgehead atoms. The predicted molar refractivity (Wildman–Crippen MR) is 101 cm³/mol. The van der Waals surface area contributed by atoms with Gasteiger partial charge in [0.1, 0.15) is 0 Å². The van der Waals surface area contributed by atoms with Crippen LogP contribution in [0.4, 0.5) is 0 Å². The van der Waals surface area contributed by atoms with Gasteiger partial charge in [0.05, 0.1) is 16.6 Å². The maximum atomic E-state index is 12.7. The summed E-state index contributed by atoms with van der Waals surface area (Å²) in [5, 5.41) is -0.411. The molecule has 1 heterocycles. The highest BCUT2D eigenvalue weighted by Gasteiger charge is 2.32. The van der Waals surface area contributed by atoms with Crippen LogP contribution in [0, 0.1) is 0 Å². The second kappa shape index (κ2) is 7.70. The molecular formula is C19H20BrNO3S. The standard InChI is InChI=1S/C19H20BrNO3S/c20-16-8-6-15(7-9-16)14-19(22)21-12-10-18(11-13-21)25(23,24)17-4-2-1-3-5-17/h1-9,18H,10-14H2. The molecule has 2 aromatic carbocycles. The van der Waals surface area contributed by atoms with E-state index in [4.69, 9.17) is 0 Å². The number of amides is 1. The molecule has 1 aliphatic rings. The minimum Gasteiger partial charge on any atom is -0.342 e. The Kier molecular flexibility index (Phi) is 5.59. The largest absolute Gasteiger partial charge is 0.342 e. The van der Waals surface area contributed by atoms with E-state index in [9.17, 15) is 13.2 Å². The summed E-state index contributed by atoms with van der Waals surface area (Å²) in [6.45, 7) is 0.984. The Morgan fingerprint density at radius 2 is 1.60 bits per heavy atom. The van der Waals surface area contributed by atoms with Crippen LogP contribution in [0.5, 0.6) is 0 Å². The van der Waals surface area contributed by atoms with Crippen molar-refractivity contribution in [3.8, 4) is 0 Å². The van der Waals surface area contributed by atoms with E-state index >= 15 is 0 Å². The lowest BCUT2D eigenvalue weighted by Crippen LogP contribution is -2.43. The number of carbonyl (C=O) groups is 1. The van der Waals surface area contributed by atoms with Gasteiger partial charge in [0.15, 0.2) is 9.84 Å². The number of nitrogens with zero attached hydrogens (tertiary/aromatic N) is 1. The first-order valence-electron chi connectivity index (χ1n) is 8.28. The Balaban J connectivity index is 1.60. The van der Waals surface area contributed by atoms with Gasteiger partial charge >= 0.3 is 0 Å². The SMILES string of the molecule is O=C(Cc1ccc(Br)cc1)N1CCC(S(=O)(=O)c2ccccc2)CC1. The van der Waals surface area contributed by atoms with E-state index in [0.717, 1.165) is 10.0 Å². The van der Waals surface area contributed by atoms with Crippen LogP contribution in [0.2, 0.25) is 0 Å². The van der Waals surface area contributed by atoms with Crippen molar-refractivity contribution in [3.63, 3.8) is 0 Å². The zero-order valence-corrected chi connectivity index (χ0v) is 16.2. The van der Waals surface area contributed by atoms with Crippen molar-refractivity contribution in [2.75, 3.05) is 13.1 Å². The summed E-state index contributed by atoms with van der Waals surface area (Å²) in [5.41, 5.74) is 0.965. The van der Waals surface area contributed by atoms with Gasteiger partial charge < -0.3 is 4.90 Å². The molecule has 0 aromatic heterocycles. The average molecular weight is 422 g/mol. The molecule has 0 unspecified atom stereocenters. The molecule has 4 nitrogen and oxygen atoms in total. The summed E-state index contributed by atoms with van der Waals surface area (Å²) in [6.07, 6.45) is 1.33. The fourth-order valence-corrected chi connectivity index (χ4v) is 5.12. The maximum Gasteiger partial charge on any atom is 0.226 e. The number of halogens is 1. The normalized spacial score (nSPS) is 16.0. The van der Waals surface area contributed by atoms with Gasteiger partial charge in [0.25, 0.3) is 0 Å². The Morgan fingerprint density at radius 3 is 2.20 bits per heavy atom. The van der Waals surface area contributed by atoms with Crippen LogP contribution in [0.25, 0.3) is 0 Å². The first-order valence-corrected chi connectivity index (χ1v) is 10.6. The molecule has 1 fully saturated rings. The van der Waals surface area contributed by atoms with Gasteiger partial charge in [-0.1, -0.05) is 46.3 Å². The lowest BCUT2D eigenvalue weighted by Gasteiger charge is -2.32. The second-order valence-corrected chi connectivity index (χ2v) is 9.39. The number of carbonyl (C=O) groups excluding carboxylic acids is 1. The van der Waals surface area contributed by atoms with Crippen molar-refractivity contribution >= 4 is 31.7 Å². The fourth-order valence-electron chi connectivity index (χ4n) is 3.11. The molecule has 132 valence electrons. The second-order valence-electron chi connectivity index (χ2n) is 6.24. The van der Waals surface area contributed by atoms with Gasteiger partial charge in [-0.2, -0.15) is 0 Å². The highest BCUT2D eigenvalue weighted by Crippen LogP contribution is 2.25. The zero-order valence-electron chi connectivity index (χ0n) is 13.8. The van der Waals surface area contributed by atoms with Gasteiger partial charge in [0, 0.05) is 17.6 Å². The van der Waals surface area contributed by atoms with E-state index in [2.05, 4.69) is 15.9 Å². The molecule has 0 atom stereocenters. The maximum absolute atomic E-state index is 12.7. The van der Waals surface area contributed by atoms with E-state index < -0.39 is 15.1 Å². The molecule has 25 heavy (non-hydrogen) atoms. The fraction of sp³-hybridized carbons (Fsp3) is 0.316. The molecule has 6 heteroatoms. The van der Waals surface area contributed by atoms with Crippen LogP contribution in [0.1, 0.15) is 18.4 Å². The summed E-state index contributed by atoms with van der Waals surface area (Å²) in [4.78, 5) is 14.6. The van der Waals surface area contributed by atoms with Crippen molar-refractivity contribution in [1.82, 2.24) is 4.90 Å². The third-order valence-corrected chi connectivity index (χ3v) is 7.38. The van der Waals surface area contributed by atoms with Crippen LogP contribution in [-0.4, -0.2) is 37.6 Å². The third-order valence-electron chi connectivity index (χ3n) is 4.57. The van der Waals surface area contributed by atoms with Crippen LogP contribution in [0.3, 0.4) is 0 Å². The van der Waals surface area contributed by atoms with E-state index in [1.807, 2.05) is 30.3 Å². The van der Waals surface area contributed by atoms with Crippen molar-refractivity contribution in [1.29, 1.82) is 0 Å². The molecule has 0 spiro atoms. The van der Waals surface area contributed by atoms with Crippen LogP contribution in [0.15, 0.2) is 64.0 Å². The molecule has 1 aliphatic heterocycles. The number of benzene rings is 2. The smallest absolute Gasteiger partial charge is 0.226 e. The number of piperidine rings is 1. The van der Waals surface area contributed by atoms with Crippen LogP contribution >= 0.6 is 15.9 Å². The van der Waals surface area contributed by atoms with Gasteiger partial charge in [-0.05, 0) is 42.7 Å². The van der Waals surface area contributed by atoms with Crippen LogP contribution in [-0.2, 0) is 21.1 Å². The topological polar surface area (TPSA) is 54.5 Å². The first kappa shape index (κ1) is 18.1. The zero-order chi connectivity index (χ0) is 17.9. The number of likely N-dealkylation sites (tertiary alicyclic amines) is 1. The van der Waals surface area contributed by atoms with Gasteiger partial charge in [-0.25, -0.2) is 8.42 Å². The molecular weight excluding hydrogens is 402 g/mol. The number of hydrogen-bond donors (Lipinski definition) is 0. The number of sulfone groups is 1. The molecule has 0 saturated carbocycles. The highest BCUT2D eigenvalue weighted by molar-refractivity contribution is 9.10. The summed E-state index contributed by atoms with van der Waals surface area (Å²) in [5.74, 6) is 0.0536. The third kappa shape index (κ3) is 4.30. The van der Waals surface area contributed by atoms with E-state index in [1.54, 1.807) is 29.2 Å². The lowest BCUT2D eigenvalue weighted by molar-refractivity contribution is -0.131. The average Bonchev–Trinajstić information content (AvgIpc) is 2.64. The van der Waals surface area contributed by atoms with Crippen molar-refractivity contribution < 1.29 is 13.2 Å². The summed E-state index contributed by atoms with van der Waals surface area (Å²) in [6, 6.07) is 16.3. The monoisotopic (exact) mass is 421 g/mol. The number of hydrogen-bond acceptors (Lipinski definition) is 3. The highest BCUT2D eigenvalue weighted by atomic mass is 79.9. The molecule has 0 aliphatic carbocycles. The summed E-state index contributed by atoms with van der Waals surface area (Å²) in [7, 11) is -3.32. The van der Waals surface area contributed by atoms with Crippen molar-refractivity contribution in [3.05, 3.63) is 64.6 Å². The van der Waals surface area contributed by atoms with Crippen LogP contribution < -0.4 is 0 Å². The number of rotatable bonds is 4. The Hall–Kier alpha value is -1.66. The predicted octanol–water partition coefficient (Wildman–Crippen LogP) is 3.46. The summed E-state index contributed by atoms with van der Waals surface area (Å²) < 4.78 is 26.3. The van der Waals surface area contributed by atoms with E-state index in [1.165, 1.54) is 0 Å². The Labute approximate surface area is 156 Å². The Morgan fingerprint density at radius 1 is 1.00 bits per heavy atom. The van der Waals surface area contributed by atoms with E-state index in [-0.39, 0.29) is 5.91 Å². The van der Waals surface area contributed by atoms with Gasteiger partial charge in [0.2, 0.25) is 5.91 Å². The molecule has 0 radical (unpaired) electrons. The molecule has 1 amide bonds. The minimum absolute atomic E-state index is 0.0536.